The Kier molecular flexibility index (Phi) is 7.37. The molecule has 2 rings (SSSR count). The van der Waals surface area contributed by atoms with E-state index in [4.69, 9.17) is 4.74 Å². The first-order valence-electron chi connectivity index (χ1n) is 8.56. The molecule has 3 N–H and O–H groups in total. The minimum atomic E-state index is -0.751. The molecule has 0 unspecified atom stereocenters. The van der Waals surface area contributed by atoms with Crippen molar-refractivity contribution in [2.45, 2.75) is 26.5 Å². The smallest absolute Gasteiger partial charge is 0.407 e. The number of hydrogen-bond acceptors (Lipinski definition) is 4. The third kappa shape index (κ3) is 6.81. The van der Waals surface area contributed by atoms with Gasteiger partial charge in [-0.2, -0.15) is 0 Å². The van der Waals surface area contributed by atoms with Gasteiger partial charge in [0, 0.05) is 5.69 Å². The molecule has 1 atom stereocenters. The number of rotatable bonds is 7. The summed E-state index contributed by atoms with van der Waals surface area (Å²) in [4.78, 5) is 35.7. The molecule has 27 heavy (non-hydrogen) atoms. The maximum Gasteiger partial charge on any atom is 0.407 e. The molecule has 7 nitrogen and oxygen atoms in total. The van der Waals surface area contributed by atoms with E-state index < -0.39 is 18.0 Å². The van der Waals surface area contributed by atoms with Crippen molar-refractivity contribution in [1.29, 1.82) is 0 Å². The summed E-state index contributed by atoms with van der Waals surface area (Å²) in [5.41, 5.74) is 2.46. The van der Waals surface area contributed by atoms with E-state index in [0.717, 1.165) is 11.1 Å². The van der Waals surface area contributed by atoms with Gasteiger partial charge in [0.1, 0.15) is 19.2 Å². The molecule has 2 aromatic rings. The topological polar surface area (TPSA) is 96.5 Å². The van der Waals surface area contributed by atoms with E-state index in [0.29, 0.717) is 5.69 Å². The van der Waals surface area contributed by atoms with Gasteiger partial charge in [-0.25, -0.2) is 4.79 Å². The molecule has 7 heteroatoms. The summed E-state index contributed by atoms with van der Waals surface area (Å²) in [6, 6.07) is 15.8. The van der Waals surface area contributed by atoms with Crippen LogP contribution in [-0.2, 0) is 20.9 Å². The average Bonchev–Trinajstić information content (AvgIpc) is 2.67. The number of benzene rings is 2. The number of nitrogens with one attached hydrogen (secondary N) is 3. The lowest BCUT2D eigenvalue weighted by Crippen LogP contribution is -2.46. The second-order valence-corrected chi connectivity index (χ2v) is 6.01. The first kappa shape index (κ1) is 20.0. The Balaban J connectivity index is 1.70. The summed E-state index contributed by atoms with van der Waals surface area (Å²) in [5, 5.41) is 7.63. The molecule has 0 aliphatic rings. The number of alkyl carbamates (subject to hydrolysis) is 1. The quantitative estimate of drug-likeness (QED) is 0.698. The number of ether oxygens (including phenoxy) is 1. The van der Waals surface area contributed by atoms with E-state index in [1.54, 1.807) is 13.0 Å². The highest BCUT2D eigenvalue weighted by molar-refractivity contribution is 5.97. The van der Waals surface area contributed by atoms with E-state index in [1.165, 1.54) is 0 Å². The Morgan fingerprint density at radius 1 is 1.00 bits per heavy atom. The van der Waals surface area contributed by atoms with Crippen LogP contribution in [0.1, 0.15) is 18.1 Å². The summed E-state index contributed by atoms with van der Waals surface area (Å²) < 4.78 is 5.01. The Hall–Kier alpha value is -3.35. The fourth-order valence-electron chi connectivity index (χ4n) is 2.24. The van der Waals surface area contributed by atoms with Crippen LogP contribution in [0, 0.1) is 6.92 Å². The van der Waals surface area contributed by atoms with Crippen molar-refractivity contribution < 1.29 is 19.1 Å². The van der Waals surface area contributed by atoms with E-state index >= 15 is 0 Å². The largest absolute Gasteiger partial charge is 0.445 e. The lowest BCUT2D eigenvalue weighted by atomic mass is 10.2. The van der Waals surface area contributed by atoms with Crippen LogP contribution in [0.25, 0.3) is 0 Å². The zero-order chi connectivity index (χ0) is 19.6. The first-order chi connectivity index (χ1) is 13.0. The van der Waals surface area contributed by atoms with Crippen LogP contribution >= 0.6 is 0 Å². The molecule has 3 amide bonds. The minimum Gasteiger partial charge on any atom is -0.445 e. The van der Waals surface area contributed by atoms with Crippen LogP contribution < -0.4 is 16.0 Å². The van der Waals surface area contributed by atoms with Crippen LogP contribution in [0.5, 0.6) is 0 Å². The molecule has 0 heterocycles. The molecular formula is C20H23N3O4. The predicted octanol–water partition coefficient (Wildman–Crippen LogP) is 2.36. The van der Waals surface area contributed by atoms with Crippen molar-refractivity contribution in [3.8, 4) is 0 Å². The van der Waals surface area contributed by atoms with E-state index in [2.05, 4.69) is 16.0 Å². The molecule has 2 aromatic carbocycles. The second kappa shape index (κ2) is 9.96. The maximum absolute atomic E-state index is 12.2. The van der Waals surface area contributed by atoms with Gasteiger partial charge in [0.15, 0.2) is 0 Å². The highest BCUT2D eigenvalue weighted by Crippen LogP contribution is 2.13. The lowest BCUT2D eigenvalue weighted by Gasteiger charge is -2.15. The monoisotopic (exact) mass is 369 g/mol. The fraction of sp³-hybridized carbons (Fsp3) is 0.250. The van der Waals surface area contributed by atoms with Crippen molar-refractivity contribution in [1.82, 2.24) is 10.6 Å². The van der Waals surface area contributed by atoms with Crippen molar-refractivity contribution >= 4 is 23.6 Å². The zero-order valence-corrected chi connectivity index (χ0v) is 15.3. The van der Waals surface area contributed by atoms with Gasteiger partial charge >= 0.3 is 6.09 Å². The highest BCUT2D eigenvalue weighted by atomic mass is 16.5. The van der Waals surface area contributed by atoms with Gasteiger partial charge in [-0.15, -0.1) is 0 Å². The van der Waals surface area contributed by atoms with Crippen LogP contribution in [0.15, 0.2) is 54.6 Å². The van der Waals surface area contributed by atoms with Gasteiger partial charge in [-0.3, -0.25) is 9.59 Å². The first-order valence-corrected chi connectivity index (χ1v) is 8.56. The second-order valence-electron chi connectivity index (χ2n) is 6.01. The molecule has 0 saturated carbocycles. The number of carbonyl (C=O) groups is 3. The number of anilines is 1. The average molecular weight is 369 g/mol. The molecule has 0 aliphatic carbocycles. The summed E-state index contributed by atoms with van der Waals surface area (Å²) >= 11 is 0. The van der Waals surface area contributed by atoms with Gasteiger partial charge in [0.2, 0.25) is 11.8 Å². The lowest BCUT2D eigenvalue weighted by molar-refractivity contribution is -0.125. The van der Waals surface area contributed by atoms with Gasteiger partial charge in [-0.1, -0.05) is 48.5 Å². The Bertz CT molecular complexity index is 793. The van der Waals surface area contributed by atoms with Gasteiger partial charge in [0.25, 0.3) is 0 Å². The molecule has 0 bridgehead atoms. The fourth-order valence-corrected chi connectivity index (χ4v) is 2.24. The third-order valence-electron chi connectivity index (χ3n) is 3.78. The zero-order valence-electron chi connectivity index (χ0n) is 15.3. The molecule has 0 radical (unpaired) electrons. The van der Waals surface area contributed by atoms with Gasteiger partial charge in [0.05, 0.1) is 0 Å². The SMILES string of the molecule is Cc1ccccc1NC(=O)[C@H](C)NC(=O)CNC(=O)OCc1ccccc1. The van der Waals surface area contributed by atoms with E-state index in [-0.39, 0.29) is 19.1 Å². The third-order valence-corrected chi connectivity index (χ3v) is 3.78. The van der Waals surface area contributed by atoms with Crippen LogP contribution in [-0.4, -0.2) is 30.5 Å². The standard InChI is InChI=1S/C20H23N3O4/c1-14-8-6-7-11-17(14)23-19(25)15(2)22-18(24)12-21-20(26)27-13-16-9-4-3-5-10-16/h3-11,15H,12-13H2,1-2H3,(H,21,26)(H,22,24)(H,23,25)/t15-/m0/s1. The summed E-state index contributed by atoms with van der Waals surface area (Å²) in [6.07, 6.45) is -0.703. The number of hydrogen-bond donors (Lipinski definition) is 3. The minimum absolute atomic E-state index is 0.115. The van der Waals surface area contributed by atoms with E-state index in [1.807, 2.05) is 55.5 Å². The number of para-hydroxylation sites is 1. The predicted molar refractivity (Wildman–Crippen MR) is 102 cm³/mol. The molecule has 0 fully saturated rings. The molecule has 0 aliphatic heterocycles. The van der Waals surface area contributed by atoms with Crippen molar-refractivity contribution in [3.05, 3.63) is 65.7 Å². The highest BCUT2D eigenvalue weighted by Gasteiger charge is 2.16. The van der Waals surface area contributed by atoms with Crippen molar-refractivity contribution in [2.75, 3.05) is 11.9 Å². The van der Waals surface area contributed by atoms with Gasteiger partial charge in [-0.05, 0) is 31.0 Å². The Morgan fingerprint density at radius 2 is 1.67 bits per heavy atom. The van der Waals surface area contributed by atoms with Crippen molar-refractivity contribution in [3.63, 3.8) is 0 Å². The molecule has 0 spiro atoms. The number of aryl methyl sites for hydroxylation is 1. The number of carbonyl (C=O) groups excluding carboxylic acids is 3. The molecule has 0 saturated heterocycles. The van der Waals surface area contributed by atoms with Crippen LogP contribution in [0.3, 0.4) is 0 Å². The maximum atomic E-state index is 12.2. The van der Waals surface area contributed by atoms with Crippen LogP contribution in [0.2, 0.25) is 0 Å². The van der Waals surface area contributed by atoms with Crippen LogP contribution in [0.4, 0.5) is 10.5 Å². The molecular weight excluding hydrogens is 346 g/mol. The molecule has 142 valence electrons. The normalized spacial score (nSPS) is 11.2. The van der Waals surface area contributed by atoms with Gasteiger partial charge < -0.3 is 20.7 Å². The summed E-state index contributed by atoms with van der Waals surface area (Å²) in [7, 11) is 0. The number of amides is 3. The Labute approximate surface area is 158 Å². The molecule has 0 aromatic heterocycles. The Morgan fingerprint density at radius 3 is 2.37 bits per heavy atom. The van der Waals surface area contributed by atoms with E-state index in [9.17, 15) is 14.4 Å². The summed E-state index contributed by atoms with van der Waals surface area (Å²) in [5.74, 6) is -0.830. The summed E-state index contributed by atoms with van der Waals surface area (Å²) in [6.45, 7) is 3.28. The van der Waals surface area contributed by atoms with Crippen molar-refractivity contribution in [2.24, 2.45) is 0 Å².